The molecule has 216 valence electrons. The molecule has 2 aliphatic rings. The molecular weight excluding hydrogens is 592 g/mol. The minimum atomic E-state index is -0.674. The Balaban J connectivity index is 1.42. The molecule has 0 fully saturated rings. The van der Waals surface area contributed by atoms with Crippen LogP contribution in [0, 0.1) is 16.7 Å². The average molecular weight is 621 g/mol. The molecule has 1 amide bonds. The van der Waals surface area contributed by atoms with Gasteiger partial charge in [-0.15, -0.1) is 10.2 Å². The predicted molar refractivity (Wildman–Crippen MR) is 165 cm³/mol. The van der Waals surface area contributed by atoms with Crippen LogP contribution in [0.4, 0.5) is 10.8 Å². The van der Waals surface area contributed by atoms with Crippen molar-refractivity contribution in [2.45, 2.75) is 43.9 Å². The van der Waals surface area contributed by atoms with Crippen molar-refractivity contribution in [1.29, 1.82) is 5.26 Å². The Kier molecular flexibility index (Phi) is 8.59. The number of ether oxygens (including phenoxy) is 1. The first kappa shape index (κ1) is 29.6. The van der Waals surface area contributed by atoms with Gasteiger partial charge >= 0.3 is 0 Å². The van der Waals surface area contributed by atoms with E-state index in [2.05, 4.69) is 21.6 Å². The first-order valence-electron chi connectivity index (χ1n) is 13.3. The number of nitrogens with one attached hydrogen (secondary N) is 1. The fourth-order valence-electron chi connectivity index (χ4n) is 5.22. The summed E-state index contributed by atoms with van der Waals surface area (Å²) in [5.41, 5.74) is 9.11. The minimum absolute atomic E-state index is 0.0542. The van der Waals surface area contributed by atoms with Crippen LogP contribution in [0.15, 0.2) is 75.5 Å². The molecule has 0 saturated heterocycles. The van der Waals surface area contributed by atoms with Crippen molar-refractivity contribution < 1.29 is 14.3 Å². The zero-order valence-corrected chi connectivity index (χ0v) is 25.7. The molecule has 0 bridgehead atoms. The van der Waals surface area contributed by atoms with E-state index in [0.29, 0.717) is 56.5 Å². The zero-order valence-electron chi connectivity index (χ0n) is 23.3. The number of Topliss-reactive ketones (excluding diaryl/α,β-unsaturated/α-hetero) is 1. The van der Waals surface area contributed by atoms with Gasteiger partial charge in [-0.3, -0.25) is 14.5 Å². The second kappa shape index (κ2) is 12.2. The van der Waals surface area contributed by atoms with Crippen molar-refractivity contribution in [1.82, 2.24) is 10.2 Å². The maximum Gasteiger partial charge on any atom is 0.234 e. The standard InChI is InChI=1S/C30H29ClN6O3S2/c1-4-40-18-11-9-17(10-12-18)34-24(39)16-41-29-36-35-28(42-29)37-22-13-30(2,3)14-23(38)26(22)25(20(15-32)27(37)33)19-7-5-6-8-21(19)31/h5-12,25H,4,13-14,16,33H2,1-3H3,(H,34,39). The number of nitrogens with zero attached hydrogens (tertiary/aromatic N) is 4. The summed E-state index contributed by atoms with van der Waals surface area (Å²) in [6.45, 7) is 6.54. The van der Waals surface area contributed by atoms with Gasteiger partial charge in [-0.25, -0.2) is 0 Å². The largest absolute Gasteiger partial charge is 0.494 e. The molecule has 3 aromatic rings. The summed E-state index contributed by atoms with van der Waals surface area (Å²) in [5.74, 6) is 0.110. The van der Waals surface area contributed by atoms with Gasteiger partial charge in [0.15, 0.2) is 10.1 Å². The van der Waals surface area contributed by atoms with Crippen LogP contribution in [0.25, 0.3) is 0 Å². The van der Waals surface area contributed by atoms with Crippen molar-refractivity contribution in [2.24, 2.45) is 11.1 Å². The Morgan fingerprint density at radius 2 is 1.98 bits per heavy atom. The number of thioether (sulfide) groups is 1. The second-order valence-electron chi connectivity index (χ2n) is 10.6. The lowest BCUT2D eigenvalue weighted by Gasteiger charge is -2.42. The van der Waals surface area contributed by atoms with Crippen LogP contribution < -0.4 is 20.7 Å². The third kappa shape index (κ3) is 6.02. The Morgan fingerprint density at radius 1 is 1.24 bits per heavy atom. The SMILES string of the molecule is CCOc1ccc(NC(=O)CSc2nnc(N3C(N)=C(C#N)C(c4ccccc4Cl)C4=C3CC(C)(C)CC4=O)s2)cc1. The molecule has 1 unspecified atom stereocenters. The van der Waals surface area contributed by atoms with E-state index in [1.807, 2.05) is 32.9 Å². The number of allylic oxidation sites excluding steroid dienone is 3. The predicted octanol–water partition coefficient (Wildman–Crippen LogP) is 6.26. The molecule has 2 aromatic carbocycles. The molecule has 42 heavy (non-hydrogen) atoms. The lowest BCUT2D eigenvalue weighted by molar-refractivity contribution is -0.118. The summed E-state index contributed by atoms with van der Waals surface area (Å²) in [5, 5.41) is 22.6. The van der Waals surface area contributed by atoms with Gasteiger partial charge in [-0.2, -0.15) is 5.26 Å². The maximum atomic E-state index is 13.7. The van der Waals surface area contributed by atoms with E-state index in [4.69, 9.17) is 22.1 Å². The summed E-state index contributed by atoms with van der Waals surface area (Å²) < 4.78 is 5.99. The van der Waals surface area contributed by atoms with Gasteiger partial charge in [0.1, 0.15) is 11.6 Å². The molecule has 2 heterocycles. The number of amides is 1. The van der Waals surface area contributed by atoms with Crippen LogP contribution in [0.2, 0.25) is 5.02 Å². The van der Waals surface area contributed by atoms with Crippen molar-refractivity contribution in [3.63, 3.8) is 0 Å². The number of rotatable bonds is 8. The summed E-state index contributed by atoms with van der Waals surface area (Å²) in [4.78, 5) is 28.0. The van der Waals surface area contributed by atoms with Gasteiger partial charge in [-0.1, -0.05) is 66.7 Å². The minimum Gasteiger partial charge on any atom is -0.494 e. The van der Waals surface area contributed by atoms with Crippen LogP contribution in [0.5, 0.6) is 5.75 Å². The summed E-state index contributed by atoms with van der Waals surface area (Å²) in [7, 11) is 0. The first-order chi connectivity index (χ1) is 20.1. The van der Waals surface area contributed by atoms with Crippen molar-refractivity contribution in [3.05, 3.63) is 81.8 Å². The van der Waals surface area contributed by atoms with Crippen LogP contribution in [0.1, 0.15) is 45.1 Å². The number of halogens is 1. The molecule has 0 saturated carbocycles. The Labute approximate surface area is 257 Å². The number of anilines is 2. The zero-order chi connectivity index (χ0) is 30.0. The molecular formula is C30H29ClN6O3S2. The lowest BCUT2D eigenvalue weighted by Crippen LogP contribution is -2.42. The third-order valence-electron chi connectivity index (χ3n) is 6.96. The van der Waals surface area contributed by atoms with Crippen LogP contribution in [0.3, 0.4) is 0 Å². The normalized spacial score (nSPS) is 18.0. The molecule has 1 aliphatic heterocycles. The maximum absolute atomic E-state index is 13.7. The highest BCUT2D eigenvalue weighted by molar-refractivity contribution is 8.01. The number of nitriles is 1. The van der Waals surface area contributed by atoms with E-state index in [9.17, 15) is 14.9 Å². The van der Waals surface area contributed by atoms with Crippen molar-refractivity contribution in [2.75, 3.05) is 22.6 Å². The summed E-state index contributed by atoms with van der Waals surface area (Å²) in [6, 6.07) is 16.6. The van der Waals surface area contributed by atoms with Crippen LogP contribution in [-0.4, -0.2) is 34.2 Å². The molecule has 0 spiro atoms. The monoisotopic (exact) mass is 620 g/mol. The number of carbonyl (C=O) groups is 2. The van der Waals surface area contributed by atoms with Gasteiger partial charge < -0.3 is 15.8 Å². The molecule has 3 N–H and O–H groups in total. The fraction of sp³-hybridized carbons (Fsp3) is 0.300. The lowest BCUT2D eigenvalue weighted by atomic mass is 9.68. The Bertz CT molecular complexity index is 1640. The van der Waals surface area contributed by atoms with Gasteiger partial charge in [0, 0.05) is 28.4 Å². The Hall–Kier alpha value is -3.85. The van der Waals surface area contributed by atoms with E-state index >= 15 is 0 Å². The van der Waals surface area contributed by atoms with Crippen molar-refractivity contribution in [3.8, 4) is 11.8 Å². The van der Waals surface area contributed by atoms with Gasteiger partial charge in [-0.05, 0) is 54.7 Å². The highest BCUT2D eigenvalue weighted by Gasteiger charge is 2.45. The summed E-state index contributed by atoms with van der Waals surface area (Å²) >= 11 is 9.05. The highest BCUT2D eigenvalue weighted by atomic mass is 35.5. The highest BCUT2D eigenvalue weighted by Crippen LogP contribution is 2.51. The number of aromatic nitrogens is 2. The van der Waals surface area contributed by atoms with E-state index in [1.165, 1.54) is 23.1 Å². The quantitative estimate of drug-likeness (QED) is 0.280. The second-order valence-corrected chi connectivity index (χ2v) is 13.2. The Morgan fingerprint density at radius 3 is 2.67 bits per heavy atom. The van der Waals surface area contributed by atoms with E-state index < -0.39 is 5.92 Å². The van der Waals surface area contributed by atoms with Gasteiger partial charge in [0.25, 0.3) is 0 Å². The number of carbonyl (C=O) groups excluding carboxylic acids is 2. The van der Waals surface area contributed by atoms with E-state index in [-0.39, 0.29) is 34.3 Å². The molecule has 5 rings (SSSR count). The topological polar surface area (TPSA) is 134 Å². The summed E-state index contributed by atoms with van der Waals surface area (Å²) in [6.07, 6.45) is 0.876. The third-order valence-corrected chi connectivity index (χ3v) is 9.35. The average Bonchev–Trinajstić information content (AvgIpc) is 3.41. The molecule has 1 atom stereocenters. The molecule has 9 nitrogen and oxygen atoms in total. The van der Waals surface area contributed by atoms with Crippen LogP contribution >= 0.6 is 34.7 Å². The van der Waals surface area contributed by atoms with Gasteiger partial charge in [0.2, 0.25) is 11.0 Å². The molecule has 1 aliphatic carbocycles. The smallest absolute Gasteiger partial charge is 0.234 e. The number of benzene rings is 2. The fourth-order valence-corrected chi connectivity index (χ4v) is 7.15. The van der Waals surface area contributed by atoms with Crippen molar-refractivity contribution >= 4 is 57.2 Å². The van der Waals surface area contributed by atoms with Crippen LogP contribution in [-0.2, 0) is 9.59 Å². The number of hydrogen-bond donors (Lipinski definition) is 2. The molecule has 1 aromatic heterocycles. The number of ketones is 1. The number of hydrogen-bond acceptors (Lipinski definition) is 10. The first-order valence-corrected chi connectivity index (χ1v) is 15.5. The molecule has 12 heteroatoms. The number of nitrogens with two attached hydrogens (primary N) is 1. The van der Waals surface area contributed by atoms with Gasteiger partial charge in [0.05, 0.1) is 29.9 Å². The van der Waals surface area contributed by atoms with E-state index in [1.54, 1.807) is 41.3 Å². The molecule has 0 radical (unpaired) electrons. The van der Waals surface area contributed by atoms with E-state index in [0.717, 1.165) is 5.75 Å².